The fourth-order valence-corrected chi connectivity index (χ4v) is 1.85. The lowest BCUT2D eigenvalue weighted by molar-refractivity contribution is -0.129. The highest BCUT2D eigenvalue weighted by molar-refractivity contribution is 7.91. The molecule has 0 aromatic heterocycles. The van der Waals surface area contributed by atoms with Crippen molar-refractivity contribution in [1.29, 1.82) is 0 Å². The van der Waals surface area contributed by atoms with Gasteiger partial charge in [0.05, 0.1) is 11.6 Å². The number of rotatable bonds is 8. The minimum atomic E-state index is -3.33. The number of methoxy groups -OCH3 is 1. The van der Waals surface area contributed by atoms with E-state index in [1.807, 2.05) is 0 Å². The molecule has 0 saturated heterocycles. The van der Waals surface area contributed by atoms with Crippen LogP contribution in [0.2, 0.25) is 0 Å². The van der Waals surface area contributed by atoms with Crippen LogP contribution in [0.1, 0.15) is 6.42 Å². The Morgan fingerprint density at radius 3 is 2.41 bits per heavy atom. The number of sulfone groups is 1. The van der Waals surface area contributed by atoms with Gasteiger partial charge < -0.3 is 15.4 Å². The van der Waals surface area contributed by atoms with Gasteiger partial charge in [0.25, 0.3) is 0 Å². The lowest BCUT2D eigenvalue weighted by atomic mass is 10.3. The maximum absolute atomic E-state index is 11.7. The number of thiocarbonyl (C=S) groups is 1. The van der Waals surface area contributed by atoms with Crippen molar-refractivity contribution in [3.63, 3.8) is 0 Å². The SMILES string of the molecule is COCCN(CCC(N)=S)C(=O)CS(C)(=O)=O. The average Bonchev–Trinajstić information content (AvgIpc) is 2.14. The second kappa shape index (κ2) is 7.57. The maximum atomic E-state index is 11.7. The van der Waals surface area contributed by atoms with Crippen molar-refractivity contribution in [3.8, 4) is 0 Å². The number of hydrogen-bond donors (Lipinski definition) is 1. The van der Waals surface area contributed by atoms with Gasteiger partial charge in [0.15, 0.2) is 9.84 Å². The third-order valence-electron chi connectivity index (χ3n) is 1.93. The van der Waals surface area contributed by atoms with Gasteiger partial charge in [-0.15, -0.1) is 0 Å². The highest BCUT2D eigenvalue weighted by atomic mass is 32.2. The van der Waals surface area contributed by atoms with Gasteiger partial charge in [0.2, 0.25) is 5.91 Å². The van der Waals surface area contributed by atoms with Crippen molar-refractivity contribution in [2.75, 3.05) is 38.8 Å². The van der Waals surface area contributed by atoms with Crippen LogP contribution >= 0.6 is 12.2 Å². The molecule has 2 N–H and O–H groups in total. The minimum Gasteiger partial charge on any atom is -0.393 e. The van der Waals surface area contributed by atoms with Crippen molar-refractivity contribution in [1.82, 2.24) is 4.90 Å². The van der Waals surface area contributed by atoms with E-state index >= 15 is 0 Å². The molecule has 0 saturated carbocycles. The lowest BCUT2D eigenvalue weighted by Gasteiger charge is -2.21. The summed E-state index contributed by atoms with van der Waals surface area (Å²) in [6.45, 7) is 0.980. The minimum absolute atomic E-state index is 0.291. The van der Waals surface area contributed by atoms with Crippen molar-refractivity contribution in [2.24, 2.45) is 5.73 Å². The highest BCUT2D eigenvalue weighted by Gasteiger charge is 2.18. The molecule has 0 aromatic rings. The zero-order chi connectivity index (χ0) is 13.5. The molecule has 0 unspecified atom stereocenters. The first kappa shape index (κ1) is 16.3. The highest BCUT2D eigenvalue weighted by Crippen LogP contribution is 1.97. The summed E-state index contributed by atoms with van der Waals surface area (Å²) >= 11 is 4.71. The largest absolute Gasteiger partial charge is 0.393 e. The first-order valence-electron chi connectivity index (χ1n) is 4.99. The second-order valence-electron chi connectivity index (χ2n) is 3.66. The summed E-state index contributed by atoms with van der Waals surface area (Å²) in [5.41, 5.74) is 5.34. The number of nitrogens with two attached hydrogens (primary N) is 1. The fourth-order valence-electron chi connectivity index (χ4n) is 1.12. The monoisotopic (exact) mass is 282 g/mol. The third-order valence-corrected chi connectivity index (χ3v) is 2.91. The molecule has 8 heteroatoms. The molecule has 0 bridgehead atoms. The van der Waals surface area contributed by atoms with Gasteiger partial charge >= 0.3 is 0 Å². The first-order chi connectivity index (χ1) is 7.76. The van der Waals surface area contributed by atoms with Gasteiger partial charge in [-0.3, -0.25) is 4.79 Å². The zero-order valence-corrected chi connectivity index (χ0v) is 11.6. The van der Waals surface area contributed by atoms with Gasteiger partial charge in [0.1, 0.15) is 5.75 Å². The fraction of sp³-hybridized carbons (Fsp3) is 0.778. The molecule has 1 amide bonds. The number of carbonyl (C=O) groups is 1. The number of nitrogens with zero attached hydrogens (tertiary/aromatic N) is 1. The molecule has 0 aliphatic carbocycles. The quantitative estimate of drug-likeness (QED) is 0.585. The van der Waals surface area contributed by atoms with E-state index in [9.17, 15) is 13.2 Å². The molecule has 0 fully saturated rings. The Hall–Kier alpha value is -0.730. The van der Waals surface area contributed by atoms with Gasteiger partial charge in [-0.25, -0.2) is 8.42 Å². The molecule has 0 spiro atoms. The van der Waals surface area contributed by atoms with Gasteiger partial charge in [-0.05, 0) is 0 Å². The Labute approximate surface area is 107 Å². The van der Waals surface area contributed by atoms with E-state index in [-0.39, 0.29) is 0 Å². The van der Waals surface area contributed by atoms with Crippen LogP contribution in [0, 0.1) is 0 Å². The molecule has 100 valence electrons. The van der Waals surface area contributed by atoms with Gasteiger partial charge in [-0.1, -0.05) is 12.2 Å². The van der Waals surface area contributed by atoms with Crippen LogP contribution in [-0.4, -0.2) is 63.0 Å². The van der Waals surface area contributed by atoms with E-state index in [2.05, 4.69) is 0 Å². The predicted octanol–water partition coefficient (Wildman–Crippen LogP) is -0.818. The van der Waals surface area contributed by atoms with E-state index in [1.165, 1.54) is 12.0 Å². The summed E-state index contributed by atoms with van der Waals surface area (Å²) < 4.78 is 26.9. The molecule has 0 aromatic carbocycles. The normalized spacial score (nSPS) is 11.2. The Bertz CT molecular complexity index is 367. The van der Waals surface area contributed by atoms with Crippen molar-refractivity contribution < 1.29 is 17.9 Å². The summed E-state index contributed by atoms with van der Waals surface area (Å²) in [6, 6.07) is 0. The van der Waals surface area contributed by atoms with Crippen molar-refractivity contribution in [3.05, 3.63) is 0 Å². The van der Waals surface area contributed by atoms with Gasteiger partial charge in [0, 0.05) is 32.9 Å². The van der Waals surface area contributed by atoms with E-state index in [0.717, 1.165) is 6.26 Å². The molecule has 6 nitrogen and oxygen atoms in total. The van der Waals surface area contributed by atoms with E-state index in [4.69, 9.17) is 22.7 Å². The maximum Gasteiger partial charge on any atom is 0.237 e. The van der Waals surface area contributed by atoms with Crippen molar-refractivity contribution >= 4 is 33.0 Å². The standard InChI is InChI=1S/C9H18N2O4S2/c1-15-6-5-11(4-3-8(10)16)9(12)7-17(2,13)14/h3-7H2,1-2H3,(H2,10,16). The topological polar surface area (TPSA) is 89.7 Å². The molecular formula is C9H18N2O4S2. The van der Waals surface area contributed by atoms with Crippen molar-refractivity contribution in [2.45, 2.75) is 6.42 Å². The van der Waals surface area contributed by atoms with Crippen LogP contribution in [0.4, 0.5) is 0 Å². The summed E-state index contributed by atoms with van der Waals surface area (Å²) in [5, 5.41) is 0. The van der Waals surface area contributed by atoms with E-state index < -0.39 is 21.5 Å². The predicted molar refractivity (Wildman–Crippen MR) is 69.6 cm³/mol. The number of hydrogen-bond acceptors (Lipinski definition) is 5. The number of amides is 1. The van der Waals surface area contributed by atoms with Crippen LogP contribution in [-0.2, 0) is 19.4 Å². The second-order valence-corrected chi connectivity index (χ2v) is 6.32. The summed E-state index contributed by atoms with van der Waals surface area (Å²) in [6.07, 6.45) is 1.39. The number of ether oxygens (including phenoxy) is 1. The Balaban J connectivity index is 4.44. The Kier molecular flexibility index (Phi) is 7.24. The molecule has 0 rings (SSSR count). The van der Waals surface area contributed by atoms with Gasteiger partial charge in [-0.2, -0.15) is 0 Å². The number of carbonyl (C=O) groups excluding carboxylic acids is 1. The Morgan fingerprint density at radius 2 is 2.00 bits per heavy atom. The summed E-state index contributed by atoms with van der Waals surface area (Å²) in [5.74, 6) is -0.963. The molecule has 0 aliphatic heterocycles. The molecule has 0 heterocycles. The third kappa shape index (κ3) is 9.02. The summed E-state index contributed by atoms with van der Waals surface area (Å²) in [4.78, 5) is 13.4. The van der Waals surface area contributed by atoms with E-state index in [1.54, 1.807) is 0 Å². The van der Waals surface area contributed by atoms with Crippen LogP contribution in [0.5, 0.6) is 0 Å². The zero-order valence-electron chi connectivity index (χ0n) is 10.0. The Morgan fingerprint density at radius 1 is 1.41 bits per heavy atom. The van der Waals surface area contributed by atoms with Crippen LogP contribution in [0.15, 0.2) is 0 Å². The lowest BCUT2D eigenvalue weighted by Crippen LogP contribution is -2.39. The first-order valence-corrected chi connectivity index (χ1v) is 7.46. The smallest absolute Gasteiger partial charge is 0.237 e. The van der Waals surface area contributed by atoms with Crippen LogP contribution in [0.25, 0.3) is 0 Å². The van der Waals surface area contributed by atoms with E-state index in [0.29, 0.717) is 31.1 Å². The van der Waals surface area contributed by atoms with Crippen LogP contribution in [0.3, 0.4) is 0 Å². The molecule has 17 heavy (non-hydrogen) atoms. The average molecular weight is 282 g/mol. The molecule has 0 radical (unpaired) electrons. The van der Waals surface area contributed by atoms with Crippen LogP contribution < -0.4 is 5.73 Å². The summed E-state index contributed by atoms with van der Waals surface area (Å²) in [7, 11) is -1.82. The molecule has 0 atom stereocenters. The molecular weight excluding hydrogens is 264 g/mol. The molecule has 0 aliphatic rings.